The van der Waals surface area contributed by atoms with Crippen LogP contribution in [0.3, 0.4) is 0 Å². The van der Waals surface area contributed by atoms with E-state index < -0.39 is 17.4 Å². The van der Waals surface area contributed by atoms with Gasteiger partial charge in [-0.15, -0.1) is 0 Å². The van der Waals surface area contributed by atoms with Crippen LogP contribution >= 0.6 is 0 Å². The van der Waals surface area contributed by atoms with Crippen LogP contribution in [0.5, 0.6) is 0 Å². The summed E-state index contributed by atoms with van der Waals surface area (Å²) < 4.78 is 11.7. The van der Waals surface area contributed by atoms with Crippen molar-refractivity contribution in [2.24, 2.45) is 11.8 Å². The van der Waals surface area contributed by atoms with Crippen LogP contribution in [0.15, 0.2) is 72.8 Å². The summed E-state index contributed by atoms with van der Waals surface area (Å²) in [5.41, 5.74) is 1.33. The predicted molar refractivity (Wildman–Crippen MR) is 111 cm³/mol. The minimum Gasteiger partial charge on any atom is -0.465 e. The molecule has 0 saturated carbocycles. The number of esters is 1. The van der Waals surface area contributed by atoms with Crippen molar-refractivity contribution in [1.82, 2.24) is 4.90 Å². The molecule has 1 amide bonds. The molecular formula is C25H25NO4. The van der Waals surface area contributed by atoms with Gasteiger partial charge in [0.15, 0.2) is 0 Å². The number of likely N-dealkylation sites (tertiary alicyclic amines) is 1. The molecule has 3 aliphatic rings. The first-order valence-electron chi connectivity index (χ1n) is 10.6. The zero-order valence-corrected chi connectivity index (χ0v) is 16.9. The fraction of sp³-hybridized carbons (Fsp3) is 0.360. The van der Waals surface area contributed by atoms with Gasteiger partial charge in [-0.1, -0.05) is 79.7 Å². The standard InChI is InChI=1S/C25H25NO4/c1-2-15-29-24(28)20-19-13-14-25(30-19)16-26(23(27)21(20)25)22(17-9-5-3-6-10-17)18-11-7-4-8-12-18/h3-14,19-22H,2,15-16H2,1H3/t19-,20-,21+,25-/m1/s1. The zero-order valence-electron chi connectivity index (χ0n) is 16.9. The minimum absolute atomic E-state index is 0.0435. The van der Waals surface area contributed by atoms with E-state index in [0.29, 0.717) is 13.2 Å². The Balaban J connectivity index is 1.52. The van der Waals surface area contributed by atoms with E-state index in [9.17, 15) is 9.59 Å². The maximum atomic E-state index is 13.8. The molecule has 2 aromatic carbocycles. The number of carbonyl (C=O) groups excluding carboxylic acids is 2. The molecular weight excluding hydrogens is 378 g/mol. The fourth-order valence-corrected chi connectivity index (χ4v) is 5.14. The molecule has 0 N–H and O–H groups in total. The van der Waals surface area contributed by atoms with Crippen LogP contribution in [0.1, 0.15) is 30.5 Å². The van der Waals surface area contributed by atoms with E-state index in [1.165, 1.54) is 0 Å². The Hall–Kier alpha value is -2.92. The van der Waals surface area contributed by atoms with Crippen molar-refractivity contribution in [3.8, 4) is 0 Å². The lowest BCUT2D eigenvalue weighted by Gasteiger charge is -2.31. The SMILES string of the molecule is CCCOC(=O)[C@H]1[C@H]2C(=O)N(C(c3ccccc3)c3ccccc3)C[C@]23C=C[C@H]1O3. The lowest BCUT2D eigenvalue weighted by Crippen LogP contribution is -2.40. The first-order valence-corrected chi connectivity index (χ1v) is 10.6. The van der Waals surface area contributed by atoms with Crippen molar-refractivity contribution in [3.63, 3.8) is 0 Å². The summed E-state index contributed by atoms with van der Waals surface area (Å²) >= 11 is 0. The highest BCUT2D eigenvalue weighted by Gasteiger charge is 2.68. The summed E-state index contributed by atoms with van der Waals surface area (Å²) in [4.78, 5) is 28.4. The quantitative estimate of drug-likeness (QED) is 0.547. The Bertz CT molecular complexity index is 934. The number of nitrogens with zero attached hydrogens (tertiary/aromatic N) is 1. The monoisotopic (exact) mass is 403 g/mol. The average Bonchev–Trinajstić information content (AvgIpc) is 3.42. The number of rotatable bonds is 6. The first kappa shape index (κ1) is 19.1. The molecule has 2 aromatic rings. The van der Waals surface area contributed by atoms with Crippen LogP contribution in [0.2, 0.25) is 0 Å². The van der Waals surface area contributed by atoms with Gasteiger partial charge in [0.1, 0.15) is 11.5 Å². The Morgan fingerprint density at radius 1 is 1.13 bits per heavy atom. The molecule has 2 fully saturated rings. The molecule has 5 nitrogen and oxygen atoms in total. The van der Waals surface area contributed by atoms with E-state index in [1.807, 2.05) is 84.6 Å². The topological polar surface area (TPSA) is 55.8 Å². The van der Waals surface area contributed by atoms with Gasteiger partial charge in [-0.25, -0.2) is 0 Å². The molecule has 30 heavy (non-hydrogen) atoms. The third-order valence-electron chi connectivity index (χ3n) is 6.39. The molecule has 0 unspecified atom stereocenters. The van der Waals surface area contributed by atoms with Crippen molar-refractivity contribution in [2.45, 2.75) is 31.1 Å². The molecule has 5 rings (SSSR count). The second-order valence-corrected chi connectivity index (χ2v) is 8.26. The lowest BCUT2D eigenvalue weighted by atomic mass is 9.77. The molecule has 5 heteroatoms. The molecule has 0 aliphatic carbocycles. The zero-order chi connectivity index (χ0) is 20.7. The van der Waals surface area contributed by atoms with Gasteiger partial charge in [0.2, 0.25) is 5.91 Å². The number of amides is 1. The van der Waals surface area contributed by atoms with Crippen molar-refractivity contribution in [3.05, 3.63) is 83.9 Å². The summed E-state index contributed by atoms with van der Waals surface area (Å²) in [7, 11) is 0. The summed E-state index contributed by atoms with van der Waals surface area (Å²) in [5.74, 6) is -1.49. The lowest BCUT2D eigenvalue weighted by molar-refractivity contribution is -0.154. The Morgan fingerprint density at radius 3 is 2.37 bits per heavy atom. The summed E-state index contributed by atoms with van der Waals surface area (Å²) in [6, 6.07) is 19.8. The predicted octanol–water partition coefficient (Wildman–Crippen LogP) is 3.51. The summed E-state index contributed by atoms with van der Waals surface area (Å²) in [6.45, 7) is 2.74. The van der Waals surface area contributed by atoms with E-state index in [1.54, 1.807) is 0 Å². The van der Waals surface area contributed by atoms with Crippen LogP contribution < -0.4 is 0 Å². The van der Waals surface area contributed by atoms with Crippen molar-refractivity contribution >= 4 is 11.9 Å². The van der Waals surface area contributed by atoms with Crippen LogP contribution in [0.4, 0.5) is 0 Å². The first-order chi connectivity index (χ1) is 14.6. The van der Waals surface area contributed by atoms with Crippen molar-refractivity contribution in [1.29, 1.82) is 0 Å². The smallest absolute Gasteiger partial charge is 0.312 e. The third-order valence-corrected chi connectivity index (χ3v) is 6.39. The normalized spacial score (nSPS) is 28.9. The minimum atomic E-state index is -0.751. The molecule has 2 saturated heterocycles. The fourth-order valence-electron chi connectivity index (χ4n) is 5.14. The molecule has 1 spiro atoms. The Labute approximate surface area is 176 Å². The third kappa shape index (κ3) is 2.88. The number of hydrogen-bond donors (Lipinski definition) is 0. The molecule has 2 bridgehead atoms. The van der Waals surface area contributed by atoms with Crippen molar-refractivity contribution in [2.75, 3.05) is 13.2 Å². The van der Waals surface area contributed by atoms with Crippen LogP contribution in [-0.4, -0.2) is 41.6 Å². The number of hydrogen-bond acceptors (Lipinski definition) is 4. The highest BCUT2D eigenvalue weighted by atomic mass is 16.6. The van der Waals surface area contributed by atoms with E-state index in [0.717, 1.165) is 17.5 Å². The molecule has 154 valence electrons. The van der Waals surface area contributed by atoms with Crippen LogP contribution in [0.25, 0.3) is 0 Å². The number of fused-ring (bicyclic) bond motifs is 1. The van der Waals surface area contributed by atoms with Gasteiger partial charge < -0.3 is 14.4 Å². The molecule has 3 aliphatic heterocycles. The van der Waals surface area contributed by atoms with Gasteiger partial charge in [-0.05, 0) is 17.5 Å². The van der Waals surface area contributed by atoms with Gasteiger partial charge >= 0.3 is 5.97 Å². The molecule has 0 radical (unpaired) electrons. The Morgan fingerprint density at radius 2 is 1.77 bits per heavy atom. The van der Waals surface area contributed by atoms with Crippen molar-refractivity contribution < 1.29 is 19.1 Å². The van der Waals surface area contributed by atoms with Crippen LogP contribution in [0, 0.1) is 11.8 Å². The number of carbonyl (C=O) groups is 2. The van der Waals surface area contributed by atoms with E-state index >= 15 is 0 Å². The number of benzene rings is 2. The Kier molecular flexibility index (Phi) is 4.70. The van der Waals surface area contributed by atoms with Crippen LogP contribution in [-0.2, 0) is 19.1 Å². The van der Waals surface area contributed by atoms with Gasteiger partial charge in [0.25, 0.3) is 0 Å². The largest absolute Gasteiger partial charge is 0.465 e. The average molecular weight is 403 g/mol. The maximum absolute atomic E-state index is 13.8. The summed E-state index contributed by atoms with van der Waals surface area (Å²) in [6.07, 6.45) is 4.28. The van der Waals surface area contributed by atoms with E-state index in [-0.39, 0.29) is 24.0 Å². The van der Waals surface area contributed by atoms with Gasteiger partial charge in [-0.3, -0.25) is 9.59 Å². The van der Waals surface area contributed by atoms with E-state index in [4.69, 9.17) is 9.47 Å². The maximum Gasteiger partial charge on any atom is 0.312 e. The highest BCUT2D eigenvalue weighted by molar-refractivity contribution is 5.91. The van der Waals surface area contributed by atoms with Gasteiger partial charge in [0, 0.05) is 0 Å². The number of ether oxygens (including phenoxy) is 2. The highest BCUT2D eigenvalue weighted by Crippen LogP contribution is 2.54. The van der Waals surface area contributed by atoms with Gasteiger partial charge in [-0.2, -0.15) is 0 Å². The molecule has 0 aromatic heterocycles. The van der Waals surface area contributed by atoms with E-state index in [2.05, 4.69) is 0 Å². The molecule has 3 heterocycles. The summed E-state index contributed by atoms with van der Waals surface area (Å²) in [5, 5.41) is 0. The van der Waals surface area contributed by atoms with Gasteiger partial charge in [0.05, 0.1) is 31.2 Å². The molecule has 4 atom stereocenters. The second kappa shape index (κ2) is 7.40. The second-order valence-electron chi connectivity index (χ2n) is 8.26.